The number of halogens is 1. The molecule has 3 rings (SSSR count). The number of amides is 2. The molecule has 1 fully saturated rings. The number of nitrogens with zero attached hydrogens (tertiary/aromatic N) is 1. The van der Waals surface area contributed by atoms with Gasteiger partial charge in [0.05, 0.1) is 7.11 Å². The number of methoxy groups -OCH3 is 1. The highest BCUT2D eigenvalue weighted by Crippen LogP contribution is 2.21. The van der Waals surface area contributed by atoms with Gasteiger partial charge >= 0.3 is 0 Å². The van der Waals surface area contributed by atoms with Crippen LogP contribution < -0.4 is 14.8 Å². The normalized spacial score (nSPS) is 14.6. The van der Waals surface area contributed by atoms with E-state index >= 15 is 0 Å². The van der Waals surface area contributed by atoms with Crippen LogP contribution in [0.2, 0.25) is 0 Å². The molecule has 2 amide bonds. The topological polar surface area (TPSA) is 67.9 Å². The van der Waals surface area contributed by atoms with Crippen LogP contribution in [0.1, 0.15) is 44.6 Å². The van der Waals surface area contributed by atoms with Crippen molar-refractivity contribution in [2.45, 2.75) is 57.7 Å². The minimum atomic E-state index is -0.567. The molecular weight excluding hydrogens is 472 g/mol. The average molecular weight is 503 g/mol. The van der Waals surface area contributed by atoms with E-state index in [4.69, 9.17) is 9.47 Å². The maximum Gasteiger partial charge on any atom is 0.261 e. The summed E-state index contributed by atoms with van der Waals surface area (Å²) in [6, 6.07) is 14.5. The van der Waals surface area contributed by atoms with Crippen LogP contribution in [0, 0.1) is 0 Å². The van der Waals surface area contributed by atoms with E-state index in [1.165, 1.54) is 0 Å². The Morgan fingerprint density at radius 2 is 1.84 bits per heavy atom. The van der Waals surface area contributed by atoms with Gasteiger partial charge in [-0.3, -0.25) is 9.59 Å². The summed E-state index contributed by atoms with van der Waals surface area (Å²) in [4.78, 5) is 28.0. The van der Waals surface area contributed by atoms with Gasteiger partial charge in [-0.25, -0.2) is 0 Å². The molecule has 0 aromatic heterocycles. The van der Waals surface area contributed by atoms with E-state index in [0.717, 1.165) is 35.7 Å². The molecule has 1 saturated carbocycles. The van der Waals surface area contributed by atoms with Crippen molar-refractivity contribution in [1.82, 2.24) is 10.2 Å². The molecule has 7 heteroatoms. The maximum absolute atomic E-state index is 13.3. The largest absolute Gasteiger partial charge is 0.497 e. The lowest BCUT2D eigenvalue weighted by molar-refractivity contribution is -0.143. The molecule has 1 atom stereocenters. The number of carbonyl (C=O) groups is 2. The summed E-state index contributed by atoms with van der Waals surface area (Å²) >= 11 is 3.39. The van der Waals surface area contributed by atoms with Gasteiger partial charge in [-0.15, -0.1) is 0 Å². The smallest absolute Gasteiger partial charge is 0.261 e. The molecule has 0 saturated heterocycles. The van der Waals surface area contributed by atoms with Gasteiger partial charge in [0, 0.05) is 17.1 Å². The minimum absolute atomic E-state index is 0.0979. The van der Waals surface area contributed by atoms with Gasteiger partial charge in [0.2, 0.25) is 5.91 Å². The molecule has 0 spiro atoms. The van der Waals surface area contributed by atoms with E-state index in [1.807, 2.05) is 43.3 Å². The monoisotopic (exact) mass is 502 g/mol. The molecule has 0 bridgehead atoms. The van der Waals surface area contributed by atoms with E-state index in [2.05, 4.69) is 21.2 Å². The highest BCUT2D eigenvalue weighted by molar-refractivity contribution is 9.10. The number of hydrogen-bond acceptors (Lipinski definition) is 4. The molecule has 0 radical (unpaired) electrons. The van der Waals surface area contributed by atoms with Crippen molar-refractivity contribution in [1.29, 1.82) is 0 Å². The zero-order valence-electron chi connectivity index (χ0n) is 18.7. The Balaban J connectivity index is 1.76. The lowest BCUT2D eigenvalue weighted by atomic mass is 10.1. The molecule has 6 nitrogen and oxygen atoms in total. The Hall–Kier alpha value is -2.54. The quantitative estimate of drug-likeness (QED) is 0.511. The van der Waals surface area contributed by atoms with Gasteiger partial charge in [0.25, 0.3) is 5.91 Å². The van der Waals surface area contributed by atoms with E-state index in [0.29, 0.717) is 24.5 Å². The van der Waals surface area contributed by atoms with Crippen LogP contribution in [0.3, 0.4) is 0 Å². The lowest BCUT2D eigenvalue weighted by Gasteiger charge is -2.31. The van der Waals surface area contributed by atoms with Crippen molar-refractivity contribution in [2.75, 3.05) is 13.7 Å². The highest BCUT2D eigenvalue weighted by atomic mass is 79.9. The zero-order valence-corrected chi connectivity index (χ0v) is 20.3. The summed E-state index contributed by atoms with van der Waals surface area (Å²) in [5, 5.41) is 3.15. The average Bonchev–Trinajstić information content (AvgIpc) is 3.31. The fourth-order valence-electron chi connectivity index (χ4n) is 4.01. The summed E-state index contributed by atoms with van der Waals surface area (Å²) in [5.41, 5.74) is 0.897. The summed E-state index contributed by atoms with van der Waals surface area (Å²) in [6.07, 6.45) is 4.79. The van der Waals surface area contributed by atoms with Gasteiger partial charge in [-0.2, -0.15) is 0 Å². The van der Waals surface area contributed by atoms with E-state index in [1.54, 1.807) is 24.1 Å². The Morgan fingerprint density at radius 1 is 1.12 bits per heavy atom. The third-order valence-corrected chi connectivity index (χ3v) is 6.28. The molecule has 0 heterocycles. The van der Waals surface area contributed by atoms with Gasteiger partial charge < -0.3 is 19.7 Å². The Labute approximate surface area is 198 Å². The van der Waals surface area contributed by atoms with Crippen molar-refractivity contribution < 1.29 is 19.1 Å². The first-order valence-corrected chi connectivity index (χ1v) is 11.9. The number of carbonyl (C=O) groups excluding carboxylic acids is 2. The number of hydrogen-bond donors (Lipinski definition) is 1. The SMILES string of the molecule is CCC(C(=O)NC1CCCC1)N(Cc1cccc(OC)c1)C(=O)COc1ccc(Br)cc1. The van der Waals surface area contributed by atoms with Crippen LogP contribution in [0.4, 0.5) is 0 Å². The van der Waals surface area contributed by atoms with Crippen LogP contribution in [0.15, 0.2) is 53.0 Å². The standard InChI is InChI=1S/C25H31BrN2O4/c1-3-23(25(30)27-20-8-4-5-9-20)28(16-18-7-6-10-22(15-18)31-2)24(29)17-32-21-13-11-19(26)12-14-21/h6-7,10-15,20,23H,3-5,8-9,16-17H2,1-2H3,(H,27,30). The number of ether oxygens (including phenoxy) is 2. The van der Waals surface area contributed by atoms with E-state index in [9.17, 15) is 9.59 Å². The predicted octanol–water partition coefficient (Wildman–Crippen LogP) is 4.70. The Bertz CT molecular complexity index is 897. The van der Waals surface area contributed by atoms with E-state index < -0.39 is 6.04 Å². The zero-order chi connectivity index (χ0) is 22.9. The van der Waals surface area contributed by atoms with Crippen LogP contribution in [-0.4, -0.2) is 42.5 Å². The maximum atomic E-state index is 13.3. The Morgan fingerprint density at radius 3 is 2.50 bits per heavy atom. The van der Waals surface area contributed by atoms with Crippen molar-refractivity contribution >= 4 is 27.7 Å². The fraction of sp³-hybridized carbons (Fsp3) is 0.440. The second kappa shape index (κ2) is 11.9. The van der Waals surface area contributed by atoms with Gasteiger partial charge in [-0.1, -0.05) is 47.8 Å². The van der Waals surface area contributed by atoms with Crippen molar-refractivity contribution in [2.24, 2.45) is 0 Å². The fourth-order valence-corrected chi connectivity index (χ4v) is 4.28. The summed E-state index contributed by atoms with van der Waals surface area (Å²) in [5.74, 6) is 0.985. The van der Waals surface area contributed by atoms with Crippen LogP contribution in [0.5, 0.6) is 11.5 Å². The number of nitrogens with one attached hydrogen (secondary N) is 1. The van der Waals surface area contributed by atoms with Crippen LogP contribution in [-0.2, 0) is 16.1 Å². The van der Waals surface area contributed by atoms with Gasteiger partial charge in [0.1, 0.15) is 17.5 Å². The number of benzene rings is 2. The molecule has 172 valence electrons. The van der Waals surface area contributed by atoms with Crippen molar-refractivity contribution in [3.63, 3.8) is 0 Å². The third-order valence-electron chi connectivity index (χ3n) is 5.75. The molecule has 2 aromatic carbocycles. The van der Waals surface area contributed by atoms with Crippen molar-refractivity contribution in [3.8, 4) is 11.5 Å². The molecule has 1 N–H and O–H groups in total. The third kappa shape index (κ3) is 6.73. The molecule has 1 unspecified atom stereocenters. The second-order valence-electron chi connectivity index (χ2n) is 8.03. The van der Waals surface area contributed by atoms with E-state index in [-0.39, 0.29) is 24.5 Å². The minimum Gasteiger partial charge on any atom is -0.497 e. The highest BCUT2D eigenvalue weighted by Gasteiger charge is 2.30. The summed E-state index contributed by atoms with van der Waals surface area (Å²) in [7, 11) is 1.61. The first-order chi connectivity index (χ1) is 15.5. The molecule has 2 aromatic rings. The molecule has 32 heavy (non-hydrogen) atoms. The van der Waals surface area contributed by atoms with Crippen LogP contribution in [0.25, 0.3) is 0 Å². The summed E-state index contributed by atoms with van der Waals surface area (Å²) in [6.45, 7) is 2.09. The summed E-state index contributed by atoms with van der Waals surface area (Å²) < 4.78 is 12.0. The Kier molecular flexibility index (Phi) is 8.97. The van der Waals surface area contributed by atoms with Crippen molar-refractivity contribution in [3.05, 3.63) is 58.6 Å². The first-order valence-electron chi connectivity index (χ1n) is 11.1. The molecule has 0 aliphatic heterocycles. The lowest BCUT2D eigenvalue weighted by Crippen LogP contribution is -2.52. The van der Waals surface area contributed by atoms with Crippen LogP contribution >= 0.6 is 15.9 Å². The van der Waals surface area contributed by atoms with Gasteiger partial charge in [0.15, 0.2) is 6.61 Å². The second-order valence-corrected chi connectivity index (χ2v) is 8.95. The van der Waals surface area contributed by atoms with Gasteiger partial charge in [-0.05, 0) is 61.2 Å². The molecular formula is C25H31BrN2O4. The number of rotatable bonds is 10. The molecule has 1 aliphatic carbocycles. The molecule has 1 aliphatic rings. The predicted molar refractivity (Wildman–Crippen MR) is 128 cm³/mol. The first kappa shape index (κ1) is 24.1.